The zero-order chi connectivity index (χ0) is 24.4. The average molecular weight is 474 g/mol. The van der Waals surface area contributed by atoms with Crippen LogP contribution in [-0.2, 0) is 10.6 Å². The van der Waals surface area contributed by atoms with E-state index in [0.717, 1.165) is 36.0 Å². The van der Waals surface area contributed by atoms with E-state index >= 15 is 0 Å². The van der Waals surface area contributed by atoms with Gasteiger partial charge in [0.05, 0.1) is 12.4 Å². The van der Waals surface area contributed by atoms with Crippen LogP contribution in [0.3, 0.4) is 0 Å². The van der Waals surface area contributed by atoms with Crippen molar-refractivity contribution >= 4 is 13.9 Å². The second-order valence-electron chi connectivity index (χ2n) is 9.48. The topological polar surface area (TPSA) is 9.23 Å². The molecule has 7 heteroatoms. The summed E-state index contributed by atoms with van der Waals surface area (Å²) in [5, 5.41) is -1.65. The molecule has 0 aliphatic heterocycles. The molecular weight excluding hydrogens is 442 g/mol. The molecule has 0 aliphatic carbocycles. The Morgan fingerprint density at radius 1 is 0.844 bits per heavy atom. The van der Waals surface area contributed by atoms with Crippen LogP contribution in [0, 0.1) is 36.0 Å². The highest BCUT2D eigenvalue weighted by Gasteiger charge is 2.36. The van der Waals surface area contributed by atoms with E-state index < -0.39 is 48.1 Å². The van der Waals surface area contributed by atoms with Crippen LogP contribution in [-0.4, -0.2) is 7.11 Å². The summed E-state index contributed by atoms with van der Waals surface area (Å²) >= 11 is 0. The molecule has 0 bridgehead atoms. The normalized spacial score (nSPS) is 14.2. The molecule has 2 aromatic carbocycles. The number of benzene rings is 2. The van der Waals surface area contributed by atoms with E-state index in [9.17, 15) is 22.0 Å². The first-order valence-corrected chi connectivity index (χ1v) is 11.8. The highest BCUT2D eigenvalue weighted by Crippen LogP contribution is 2.51. The van der Waals surface area contributed by atoms with Crippen LogP contribution in [0.25, 0.3) is 0 Å². The van der Waals surface area contributed by atoms with Gasteiger partial charge < -0.3 is 4.74 Å². The van der Waals surface area contributed by atoms with Crippen molar-refractivity contribution in [2.75, 3.05) is 7.11 Å². The van der Waals surface area contributed by atoms with Crippen LogP contribution in [0.2, 0.25) is 0 Å². The lowest BCUT2D eigenvalue weighted by atomic mass is 9.82. The molecule has 0 saturated heterocycles. The van der Waals surface area contributed by atoms with E-state index in [4.69, 9.17) is 4.74 Å². The largest absolute Gasteiger partial charge is 0.496 e. The highest BCUT2D eigenvalue weighted by atomic mass is 31.1. The van der Waals surface area contributed by atoms with Crippen LogP contribution >= 0.6 is 8.58 Å². The van der Waals surface area contributed by atoms with Gasteiger partial charge in [-0.25, -0.2) is 22.0 Å². The first kappa shape index (κ1) is 26.6. The summed E-state index contributed by atoms with van der Waals surface area (Å²) in [4.78, 5) is 0. The number of hydrogen-bond acceptors (Lipinski definition) is 1. The second kappa shape index (κ2) is 10.1. The first-order valence-electron chi connectivity index (χ1n) is 10.8. The van der Waals surface area contributed by atoms with E-state index in [2.05, 4.69) is 20.8 Å². The minimum atomic E-state index is -2.13. The number of halogens is 5. The summed E-state index contributed by atoms with van der Waals surface area (Å²) in [7, 11) is 0.847. The van der Waals surface area contributed by atoms with Gasteiger partial charge in [0.15, 0.2) is 23.3 Å². The molecular formula is C25H32F5OP. The Bertz CT molecular complexity index is 955. The van der Waals surface area contributed by atoms with E-state index in [1.54, 1.807) is 0 Å². The molecule has 32 heavy (non-hydrogen) atoms. The molecule has 178 valence electrons. The molecule has 0 aliphatic rings. The Balaban J connectivity index is 2.77. The molecule has 2 rings (SSSR count). The zero-order valence-corrected chi connectivity index (χ0v) is 20.8. The number of rotatable bonds is 8. The van der Waals surface area contributed by atoms with Gasteiger partial charge in [-0.1, -0.05) is 74.6 Å². The van der Waals surface area contributed by atoms with Gasteiger partial charge in [-0.3, -0.25) is 0 Å². The molecule has 2 unspecified atom stereocenters. The van der Waals surface area contributed by atoms with Crippen molar-refractivity contribution < 1.29 is 26.7 Å². The fourth-order valence-corrected chi connectivity index (χ4v) is 5.48. The molecule has 0 heterocycles. The SMILES string of the molecule is CCCCCC(C)(Pc1c(F)c(F)c(F)c(F)c1F)c1cc(C(C)(C)C)cc(C)c1OC. The summed E-state index contributed by atoms with van der Waals surface area (Å²) in [5.74, 6) is -8.89. The van der Waals surface area contributed by atoms with E-state index in [1.165, 1.54) is 7.11 Å². The monoisotopic (exact) mass is 474 g/mol. The third-order valence-corrected chi connectivity index (χ3v) is 7.59. The van der Waals surface area contributed by atoms with Gasteiger partial charge in [0.1, 0.15) is 5.75 Å². The Morgan fingerprint density at radius 3 is 1.84 bits per heavy atom. The van der Waals surface area contributed by atoms with Crippen LogP contribution in [0.4, 0.5) is 22.0 Å². The number of unbranched alkanes of at least 4 members (excludes halogenated alkanes) is 2. The lowest BCUT2D eigenvalue weighted by Gasteiger charge is -2.34. The van der Waals surface area contributed by atoms with Crippen LogP contribution < -0.4 is 10.0 Å². The molecule has 0 saturated carbocycles. The summed E-state index contributed by atoms with van der Waals surface area (Å²) < 4.78 is 76.4. The Labute approximate surface area is 189 Å². The van der Waals surface area contributed by atoms with Crippen LogP contribution in [0.5, 0.6) is 5.75 Å². The van der Waals surface area contributed by atoms with Crippen molar-refractivity contribution in [1.29, 1.82) is 0 Å². The molecule has 0 fully saturated rings. The van der Waals surface area contributed by atoms with Gasteiger partial charge in [0.25, 0.3) is 0 Å². The van der Waals surface area contributed by atoms with E-state index in [0.29, 0.717) is 12.2 Å². The molecule has 2 aromatic rings. The molecule has 1 nitrogen and oxygen atoms in total. The summed E-state index contributed by atoms with van der Waals surface area (Å²) in [6.45, 7) is 11.9. The quantitative estimate of drug-likeness (QED) is 0.125. The van der Waals surface area contributed by atoms with Gasteiger partial charge in [0.2, 0.25) is 5.82 Å². The lowest BCUT2D eigenvalue weighted by molar-refractivity contribution is 0.383. The van der Waals surface area contributed by atoms with Gasteiger partial charge in [-0.05, 0) is 29.9 Å². The number of ether oxygens (including phenoxy) is 1. The third kappa shape index (κ3) is 5.27. The van der Waals surface area contributed by atoms with Gasteiger partial charge in [-0.2, -0.15) is 0 Å². The summed E-state index contributed by atoms with van der Waals surface area (Å²) in [6, 6.07) is 3.97. The summed E-state index contributed by atoms with van der Waals surface area (Å²) in [5.41, 5.74) is 2.39. The zero-order valence-electron chi connectivity index (χ0n) is 19.8. The highest BCUT2D eigenvalue weighted by molar-refractivity contribution is 7.48. The number of methoxy groups -OCH3 is 1. The van der Waals surface area contributed by atoms with Crippen molar-refractivity contribution in [2.24, 2.45) is 0 Å². The minimum absolute atomic E-state index is 0.205. The molecule has 0 radical (unpaired) electrons. The fourth-order valence-electron chi connectivity index (χ4n) is 3.87. The van der Waals surface area contributed by atoms with Gasteiger partial charge in [0, 0.05) is 10.7 Å². The smallest absolute Gasteiger partial charge is 0.200 e. The molecule has 0 aromatic heterocycles. The number of hydrogen-bond donors (Lipinski definition) is 0. The van der Waals surface area contributed by atoms with Gasteiger partial charge in [-0.15, -0.1) is 0 Å². The maximum absolute atomic E-state index is 14.6. The van der Waals surface area contributed by atoms with Crippen molar-refractivity contribution in [3.8, 4) is 5.75 Å². The Morgan fingerprint density at radius 2 is 1.38 bits per heavy atom. The Hall–Kier alpha value is -1.68. The minimum Gasteiger partial charge on any atom is -0.496 e. The van der Waals surface area contributed by atoms with Crippen molar-refractivity contribution in [2.45, 2.75) is 77.8 Å². The molecule has 0 spiro atoms. The first-order chi connectivity index (χ1) is 14.8. The van der Waals surface area contributed by atoms with Crippen LogP contribution in [0.15, 0.2) is 12.1 Å². The van der Waals surface area contributed by atoms with Crippen LogP contribution in [0.1, 0.15) is 77.0 Å². The molecule has 0 N–H and O–H groups in total. The predicted molar refractivity (Wildman–Crippen MR) is 122 cm³/mol. The predicted octanol–water partition coefficient (Wildman–Crippen LogP) is 7.80. The Kier molecular flexibility index (Phi) is 8.36. The molecule has 0 amide bonds. The van der Waals surface area contributed by atoms with Crippen molar-refractivity contribution in [3.63, 3.8) is 0 Å². The second-order valence-corrected chi connectivity index (χ2v) is 11.3. The fraction of sp³-hybridized carbons (Fsp3) is 0.520. The van der Waals surface area contributed by atoms with E-state index in [-0.39, 0.29) is 5.41 Å². The van der Waals surface area contributed by atoms with E-state index in [1.807, 2.05) is 32.9 Å². The lowest BCUT2D eigenvalue weighted by Crippen LogP contribution is -2.26. The number of aryl methyl sites for hydroxylation is 1. The third-order valence-electron chi connectivity index (χ3n) is 5.83. The molecule has 2 atom stereocenters. The summed E-state index contributed by atoms with van der Waals surface area (Å²) in [6.07, 6.45) is 3.08. The maximum Gasteiger partial charge on any atom is 0.200 e. The maximum atomic E-state index is 14.6. The standard InChI is InChI=1S/C25H32F5OP/c1-8-9-10-11-25(6,32-23-20(29)18(27)17(26)19(28)21(23)30)16-13-15(24(3,4)5)12-14(2)22(16)31-7/h12-13,32H,8-11H2,1-7H3. The van der Waals surface area contributed by atoms with Crippen molar-refractivity contribution in [3.05, 3.63) is 57.9 Å². The van der Waals surface area contributed by atoms with Crippen molar-refractivity contribution in [1.82, 2.24) is 0 Å². The average Bonchev–Trinajstić information content (AvgIpc) is 2.73. The van der Waals surface area contributed by atoms with Gasteiger partial charge >= 0.3 is 0 Å².